The lowest BCUT2D eigenvalue weighted by molar-refractivity contribution is 1.43. The van der Waals surface area contributed by atoms with E-state index in [-0.39, 0.29) is 0 Å². The van der Waals surface area contributed by atoms with Gasteiger partial charge in [-0.05, 0) is 64.7 Å². The Balaban J connectivity index is 2.52. The van der Waals surface area contributed by atoms with Crippen LogP contribution in [0.25, 0.3) is 21.5 Å². The van der Waals surface area contributed by atoms with Crippen molar-refractivity contribution in [2.45, 2.75) is 13.8 Å². The molecule has 3 aromatic carbocycles. The molecule has 0 unspecified atom stereocenters. The molecule has 0 aliphatic heterocycles. The number of hydrogen-bond acceptors (Lipinski definition) is 1. The third-order valence-electron chi connectivity index (χ3n) is 3.52. The molecule has 2 N–H and O–H groups in total. The predicted molar refractivity (Wildman–Crippen MR) is 75.3 cm³/mol. The molecule has 0 spiro atoms. The monoisotopic (exact) mass is 221 g/mol. The number of benzene rings is 3. The first-order valence-corrected chi connectivity index (χ1v) is 5.85. The standard InChI is InChI=1S/C16H15N/c1-10-7-14-8-12-5-3-4-6-13(12)9-15(14)11(2)16(10)17/h3-9H,17H2,1-2H3. The number of hydrogen-bond donors (Lipinski definition) is 1. The van der Waals surface area contributed by atoms with Crippen molar-refractivity contribution in [3.05, 3.63) is 53.6 Å². The fourth-order valence-corrected chi connectivity index (χ4v) is 2.45. The summed E-state index contributed by atoms with van der Waals surface area (Å²) in [5.41, 5.74) is 9.35. The molecule has 3 aromatic rings. The summed E-state index contributed by atoms with van der Waals surface area (Å²) in [6, 6.07) is 15.1. The Labute approximate surface area is 101 Å². The molecule has 0 bridgehead atoms. The van der Waals surface area contributed by atoms with Crippen LogP contribution in [-0.4, -0.2) is 0 Å². The van der Waals surface area contributed by atoms with Crippen LogP contribution >= 0.6 is 0 Å². The highest BCUT2D eigenvalue weighted by molar-refractivity contribution is 6.01. The summed E-state index contributed by atoms with van der Waals surface area (Å²) in [6.45, 7) is 4.16. The predicted octanol–water partition coefficient (Wildman–Crippen LogP) is 4.19. The molecule has 0 atom stereocenters. The van der Waals surface area contributed by atoms with E-state index in [0.29, 0.717) is 0 Å². The maximum absolute atomic E-state index is 6.09. The van der Waals surface area contributed by atoms with Crippen LogP contribution in [-0.2, 0) is 0 Å². The molecule has 84 valence electrons. The Morgan fingerprint density at radius 1 is 0.824 bits per heavy atom. The van der Waals surface area contributed by atoms with Gasteiger partial charge in [0.05, 0.1) is 0 Å². The highest BCUT2D eigenvalue weighted by atomic mass is 14.6. The molecule has 17 heavy (non-hydrogen) atoms. The summed E-state index contributed by atoms with van der Waals surface area (Å²) in [5.74, 6) is 0. The first-order chi connectivity index (χ1) is 8.16. The molecule has 0 aliphatic carbocycles. The van der Waals surface area contributed by atoms with Gasteiger partial charge in [-0.3, -0.25) is 0 Å². The topological polar surface area (TPSA) is 26.0 Å². The van der Waals surface area contributed by atoms with Gasteiger partial charge in [0, 0.05) is 5.69 Å². The minimum Gasteiger partial charge on any atom is -0.398 e. The first-order valence-electron chi connectivity index (χ1n) is 5.85. The minimum absolute atomic E-state index is 0.910. The maximum Gasteiger partial charge on any atom is 0.0379 e. The second-order valence-electron chi connectivity index (χ2n) is 4.65. The zero-order chi connectivity index (χ0) is 12.0. The zero-order valence-corrected chi connectivity index (χ0v) is 10.1. The van der Waals surface area contributed by atoms with E-state index in [1.54, 1.807) is 0 Å². The van der Waals surface area contributed by atoms with Crippen molar-refractivity contribution in [1.29, 1.82) is 0 Å². The third kappa shape index (κ3) is 1.47. The van der Waals surface area contributed by atoms with Crippen LogP contribution in [0, 0.1) is 13.8 Å². The number of anilines is 1. The lowest BCUT2D eigenvalue weighted by atomic mass is 9.97. The molecule has 3 rings (SSSR count). The van der Waals surface area contributed by atoms with Gasteiger partial charge in [0.25, 0.3) is 0 Å². The summed E-state index contributed by atoms with van der Waals surface area (Å²) in [4.78, 5) is 0. The average Bonchev–Trinajstić information content (AvgIpc) is 2.34. The number of nitrogens with two attached hydrogens (primary N) is 1. The zero-order valence-electron chi connectivity index (χ0n) is 10.1. The minimum atomic E-state index is 0.910. The van der Waals surface area contributed by atoms with Crippen molar-refractivity contribution in [3.8, 4) is 0 Å². The van der Waals surface area contributed by atoms with Crippen molar-refractivity contribution >= 4 is 27.2 Å². The maximum atomic E-state index is 6.09. The highest BCUT2D eigenvalue weighted by Gasteiger charge is 2.05. The van der Waals surface area contributed by atoms with E-state index in [1.807, 2.05) is 0 Å². The number of fused-ring (bicyclic) bond motifs is 2. The van der Waals surface area contributed by atoms with E-state index in [1.165, 1.54) is 27.1 Å². The van der Waals surface area contributed by atoms with Crippen molar-refractivity contribution in [2.24, 2.45) is 0 Å². The number of rotatable bonds is 0. The van der Waals surface area contributed by atoms with Crippen molar-refractivity contribution in [3.63, 3.8) is 0 Å². The van der Waals surface area contributed by atoms with Crippen LogP contribution in [0.15, 0.2) is 42.5 Å². The Bertz CT molecular complexity index is 726. The van der Waals surface area contributed by atoms with Gasteiger partial charge < -0.3 is 5.73 Å². The van der Waals surface area contributed by atoms with Crippen molar-refractivity contribution in [1.82, 2.24) is 0 Å². The van der Waals surface area contributed by atoms with Gasteiger partial charge in [0.15, 0.2) is 0 Å². The van der Waals surface area contributed by atoms with Gasteiger partial charge in [-0.15, -0.1) is 0 Å². The van der Waals surface area contributed by atoms with Gasteiger partial charge >= 0.3 is 0 Å². The Kier molecular flexibility index (Phi) is 2.08. The summed E-state index contributed by atoms with van der Waals surface area (Å²) < 4.78 is 0. The van der Waals surface area contributed by atoms with Gasteiger partial charge in [-0.2, -0.15) is 0 Å². The number of aryl methyl sites for hydroxylation is 2. The van der Waals surface area contributed by atoms with E-state index in [2.05, 4.69) is 56.3 Å². The summed E-state index contributed by atoms with van der Waals surface area (Å²) in [5, 5.41) is 5.08. The largest absolute Gasteiger partial charge is 0.398 e. The molecule has 1 heteroatoms. The summed E-state index contributed by atoms with van der Waals surface area (Å²) >= 11 is 0. The van der Waals surface area contributed by atoms with Crippen LogP contribution in [0.3, 0.4) is 0 Å². The lowest BCUT2D eigenvalue weighted by Gasteiger charge is -2.10. The molecule has 0 heterocycles. The Morgan fingerprint density at radius 2 is 1.47 bits per heavy atom. The van der Waals surface area contributed by atoms with Crippen molar-refractivity contribution in [2.75, 3.05) is 5.73 Å². The highest BCUT2D eigenvalue weighted by Crippen LogP contribution is 2.30. The molecule has 0 saturated heterocycles. The van der Waals surface area contributed by atoms with E-state index in [0.717, 1.165) is 11.3 Å². The fraction of sp³-hybridized carbons (Fsp3) is 0.125. The molecular weight excluding hydrogens is 206 g/mol. The van der Waals surface area contributed by atoms with Crippen LogP contribution in [0.5, 0.6) is 0 Å². The van der Waals surface area contributed by atoms with Gasteiger partial charge in [-0.25, -0.2) is 0 Å². The molecule has 0 aliphatic rings. The Morgan fingerprint density at radius 3 is 2.18 bits per heavy atom. The molecule has 0 fully saturated rings. The van der Waals surface area contributed by atoms with E-state index >= 15 is 0 Å². The molecule has 1 nitrogen and oxygen atoms in total. The van der Waals surface area contributed by atoms with Crippen molar-refractivity contribution < 1.29 is 0 Å². The van der Waals surface area contributed by atoms with Gasteiger partial charge in [0.2, 0.25) is 0 Å². The molecule has 0 radical (unpaired) electrons. The summed E-state index contributed by atoms with van der Waals surface area (Å²) in [6.07, 6.45) is 0. The lowest BCUT2D eigenvalue weighted by Crippen LogP contribution is -1.94. The van der Waals surface area contributed by atoms with E-state index < -0.39 is 0 Å². The van der Waals surface area contributed by atoms with E-state index in [4.69, 9.17) is 5.73 Å². The van der Waals surface area contributed by atoms with Crippen LogP contribution in [0.4, 0.5) is 5.69 Å². The molecular formula is C16H15N. The first kappa shape index (κ1) is 10.2. The normalized spacial score (nSPS) is 11.2. The summed E-state index contributed by atoms with van der Waals surface area (Å²) in [7, 11) is 0. The SMILES string of the molecule is Cc1cc2cc3ccccc3cc2c(C)c1N. The third-order valence-corrected chi connectivity index (χ3v) is 3.52. The molecule has 0 amide bonds. The fourth-order valence-electron chi connectivity index (χ4n) is 2.45. The van der Waals surface area contributed by atoms with E-state index in [9.17, 15) is 0 Å². The molecule has 0 saturated carbocycles. The average molecular weight is 221 g/mol. The second kappa shape index (κ2) is 3.49. The second-order valence-corrected chi connectivity index (χ2v) is 4.65. The Hall–Kier alpha value is -2.02. The van der Waals surface area contributed by atoms with Gasteiger partial charge in [0.1, 0.15) is 0 Å². The quantitative estimate of drug-likeness (QED) is 0.447. The number of nitrogen functional groups attached to an aromatic ring is 1. The van der Waals surface area contributed by atoms with Crippen LogP contribution in [0.2, 0.25) is 0 Å². The van der Waals surface area contributed by atoms with Gasteiger partial charge in [-0.1, -0.05) is 24.3 Å². The smallest absolute Gasteiger partial charge is 0.0379 e. The van der Waals surface area contributed by atoms with Crippen LogP contribution in [0.1, 0.15) is 11.1 Å². The molecule has 0 aromatic heterocycles. The van der Waals surface area contributed by atoms with Crippen LogP contribution < -0.4 is 5.73 Å².